The van der Waals surface area contributed by atoms with Gasteiger partial charge in [-0.15, -0.1) is 10.2 Å². The minimum Gasteiger partial charge on any atom is -0.433 e. The van der Waals surface area contributed by atoms with Crippen molar-refractivity contribution in [2.45, 2.75) is 30.6 Å². The molecule has 1 aliphatic carbocycles. The van der Waals surface area contributed by atoms with Crippen molar-refractivity contribution in [1.82, 2.24) is 10.2 Å². The number of hydrogen-bond acceptors (Lipinski definition) is 6. The summed E-state index contributed by atoms with van der Waals surface area (Å²) in [6.45, 7) is -2.96. The Morgan fingerprint density at radius 3 is 2.91 bits per heavy atom. The van der Waals surface area contributed by atoms with Crippen LogP contribution in [0.1, 0.15) is 24.7 Å². The van der Waals surface area contributed by atoms with Gasteiger partial charge in [-0.1, -0.05) is 23.9 Å². The summed E-state index contributed by atoms with van der Waals surface area (Å²) in [5.41, 5.74) is 0.183. The van der Waals surface area contributed by atoms with Crippen LogP contribution in [-0.2, 0) is 4.79 Å². The number of nitrogens with zero attached hydrogens (tertiary/aromatic N) is 2. The smallest absolute Gasteiger partial charge is 0.387 e. The van der Waals surface area contributed by atoms with E-state index in [1.54, 1.807) is 12.1 Å². The average molecular weight is 341 g/mol. The summed E-state index contributed by atoms with van der Waals surface area (Å²) in [5, 5.41) is 10.6. The molecule has 3 rings (SSSR count). The molecule has 1 aromatic heterocycles. The molecule has 1 amide bonds. The van der Waals surface area contributed by atoms with Gasteiger partial charge in [0, 0.05) is 5.92 Å². The molecular weight excluding hydrogens is 328 g/mol. The summed E-state index contributed by atoms with van der Waals surface area (Å²) in [7, 11) is 0. The maximum absolute atomic E-state index is 12.3. The Balaban J connectivity index is 1.54. The van der Waals surface area contributed by atoms with Crippen molar-refractivity contribution in [3.8, 4) is 5.75 Å². The molecule has 1 heterocycles. The Kier molecular flexibility index (Phi) is 4.75. The van der Waals surface area contributed by atoms with E-state index in [0.29, 0.717) is 17.0 Å². The molecule has 0 aliphatic heterocycles. The number of nitrogens with one attached hydrogen (secondary N) is 1. The third-order valence-electron chi connectivity index (χ3n) is 3.05. The Morgan fingerprint density at radius 2 is 2.17 bits per heavy atom. The van der Waals surface area contributed by atoms with Crippen molar-refractivity contribution in [1.29, 1.82) is 0 Å². The Labute approximate surface area is 134 Å². The number of anilines is 1. The quantitative estimate of drug-likeness (QED) is 0.779. The predicted molar refractivity (Wildman–Crippen MR) is 78.7 cm³/mol. The van der Waals surface area contributed by atoms with E-state index < -0.39 is 6.61 Å². The first kappa shape index (κ1) is 15.7. The SMILES string of the molecule is O=C(CSc1nnc(C2CC2)o1)Nc1ccccc1OC(F)F. The van der Waals surface area contributed by atoms with Gasteiger partial charge in [0.25, 0.3) is 5.22 Å². The van der Waals surface area contributed by atoms with E-state index in [2.05, 4.69) is 20.3 Å². The number of benzene rings is 1. The summed E-state index contributed by atoms with van der Waals surface area (Å²) < 4.78 is 34.4. The van der Waals surface area contributed by atoms with Gasteiger partial charge in [-0.3, -0.25) is 4.79 Å². The lowest BCUT2D eigenvalue weighted by molar-refractivity contribution is -0.113. The number of thioether (sulfide) groups is 1. The van der Waals surface area contributed by atoms with Crippen LogP contribution < -0.4 is 10.1 Å². The molecule has 1 aromatic carbocycles. The monoisotopic (exact) mass is 341 g/mol. The fourth-order valence-corrected chi connectivity index (χ4v) is 2.43. The van der Waals surface area contributed by atoms with Gasteiger partial charge in [0.15, 0.2) is 0 Å². The maximum atomic E-state index is 12.3. The van der Waals surface area contributed by atoms with E-state index in [1.807, 2.05) is 0 Å². The second-order valence-electron chi connectivity index (χ2n) is 4.89. The average Bonchev–Trinajstić information content (AvgIpc) is 3.26. The minimum absolute atomic E-state index is 0.0231. The van der Waals surface area contributed by atoms with E-state index >= 15 is 0 Å². The zero-order valence-electron chi connectivity index (χ0n) is 11.9. The first-order valence-corrected chi connectivity index (χ1v) is 7.90. The minimum atomic E-state index is -2.96. The number of carbonyl (C=O) groups excluding carboxylic acids is 1. The van der Waals surface area contributed by atoms with Crippen LogP contribution in [0.25, 0.3) is 0 Å². The fourth-order valence-electron chi connectivity index (χ4n) is 1.86. The molecule has 1 aliphatic rings. The van der Waals surface area contributed by atoms with Gasteiger partial charge in [-0.2, -0.15) is 8.78 Å². The molecule has 0 saturated heterocycles. The third-order valence-corrected chi connectivity index (χ3v) is 3.87. The molecule has 23 heavy (non-hydrogen) atoms. The number of ether oxygens (including phenoxy) is 1. The van der Waals surface area contributed by atoms with E-state index in [-0.39, 0.29) is 23.1 Å². The van der Waals surface area contributed by atoms with Crippen molar-refractivity contribution < 1.29 is 22.7 Å². The molecule has 0 bridgehead atoms. The molecule has 2 aromatic rings. The van der Waals surface area contributed by atoms with Crippen LogP contribution in [0.5, 0.6) is 5.75 Å². The zero-order chi connectivity index (χ0) is 16.2. The Bertz CT molecular complexity index is 691. The lowest BCUT2D eigenvalue weighted by atomic mass is 10.3. The van der Waals surface area contributed by atoms with Gasteiger partial charge in [0.2, 0.25) is 11.8 Å². The van der Waals surface area contributed by atoms with Crippen molar-refractivity contribution in [2.75, 3.05) is 11.1 Å². The molecule has 0 unspecified atom stereocenters. The van der Waals surface area contributed by atoms with E-state index in [9.17, 15) is 13.6 Å². The second-order valence-corrected chi connectivity index (χ2v) is 5.82. The molecule has 1 N–H and O–H groups in total. The van der Waals surface area contributed by atoms with Crippen LogP contribution in [0.15, 0.2) is 33.9 Å². The first-order chi connectivity index (χ1) is 11.1. The Morgan fingerprint density at radius 1 is 1.39 bits per heavy atom. The summed E-state index contributed by atoms with van der Waals surface area (Å²) in [4.78, 5) is 11.9. The van der Waals surface area contributed by atoms with Crippen LogP contribution >= 0.6 is 11.8 Å². The molecule has 1 saturated carbocycles. The number of halogens is 2. The predicted octanol–water partition coefficient (Wildman–Crippen LogP) is 3.28. The fraction of sp³-hybridized carbons (Fsp3) is 0.357. The van der Waals surface area contributed by atoms with Crippen molar-refractivity contribution in [2.24, 2.45) is 0 Å². The first-order valence-electron chi connectivity index (χ1n) is 6.91. The number of hydrogen-bond donors (Lipinski definition) is 1. The molecule has 1 fully saturated rings. The van der Waals surface area contributed by atoms with Crippen LogP contribution in [-0.4, -0.2) is 28.5 Å². The summed E-state index contributed by atoms with van der Waals surface area (Å²) in [6.07, 6.45) is 2.10. The van der Waals surface area contributed by atoms with Crippen LogP contribution in [0.4, 0.5) is 14.5 Å². The topological polar surface area (TPSA) is 77.2 Å². The van der Waals surface area contributed by atoms with Crippen LogP contribution in [0, 0.1) is 0 Å². The molecule has 122 valence electrons. The second kappa shape index (κ2) is 6.95. The molecular formula is C14H13F2N3O3S. The number of carbonyl (C=O) groups is 1. The van der Waals surface area contributed by atoms with Crippen molar-refractivity contribution in [3.05, 3.63) is 30.2 Å². The van der Waals surface area contributed by atoms with E-state index in [4.69, 9.17) is 4.42 Å². The largest absolute Gasteiger partial charge is 0.433 e. The standard InChI is InChI=1S/C14H13F2N3O3S/c15-13(16)21-10-4-2-1-3-9(10)17-11(20)7-23-14-19-18-12(22-14)8-5-6-8/h1-4,8,13H,5-7H2,(H,17,20). The molecule has 0 spiro atoms. The summed E-state index contributed by atoms with van der Waals surface area (Å²) >= 11 is 1.09. The van der Waals surface area contributed by atoms with Gasteiger partial charge in [0.05, 0.1) is 11.4 Å². The summed E-state index contributed by atoms with van der Waals surface area (Å²) in [5.74, 6) is 0.503. The third kappa shape index (κ3) is 4.41. The normalized spacial score (nSPS) is 14.0. The van der Waals surface area contributed by atoms with Crippen LogP contribution in [0.3, 0.4) is 0 Å². The number of amides is 1. The molecule has 6 nitrogen and oxygen atoms in total. The highest BCUT2D eigenvalue weighted by molar-refractivity contribution is 7.99. The number of rotatable bonds is 7. The number of aromatic nitrogens is 2. The van der Waals surface area contributed by atoms with Crippen molar-refractivity contribution >= 4 is 23.4 Å². The van der Waals surface area contributed by atoms with E-state index in [1.165, 1.54) is 12.1 Å². The van der Waals surface area contributed by atoms with Crippen LogP contribution in [0.2, 0.25) is 0 Å². The highest BCUT2D eigenvalue weighted by Crippen LogP contribution is 2.39. The lowest BCUT2D eigenvalue weighted by Gasteiger charge is -2.11. The number of alkyl halides is 2. The summed E-state index contributed by atoms with van der Waals surface area (Å²) in [6, 6.07) is 5.99. The van der Waals surface area contributed by atoms with Gasteiger partial charge in [-0.05, 0) is 25.0 Å². The zero-order valence-corrected chi connectivity index (χ0v) is 12.7. The van der Waals surface area contributed by atoms with Gasteiger partial charge in [0.1, 0.15) is 5.75 Å². The van der Waals surface area contributed by atoms with Gasteiger partial charge in [-0.25, -0.2) is 0 Å². The lowest BCUT2D eigenvalue weighted by Crippen LogP contribution is -2.15. The van der Waals surface area contributed by atoms with E-state index in [0.717, 1.165) is 24.6 Å². The van der Waals surface area contributed by atoms with Gasteiger partial charge >= 0.3 is 6.61 Å². The number of para-hydroxylation sites is 2. The Hall–Kier alpha value is -2.16. The maximum Gasteiger partial charge on any atom is 0.387 e. The highest BCUT2D eigenvalue weighted by Gasteiger charge is 2.29. The molecule has 9 heteroatoms. The van der Waals surface area contributed by atoms with Crippen molar-refractivity contribution in [3.63, 3.8) is 0 Å². The van der Waals surface area contributed by atoms with Gasteiger partial charge < -0.3 is 14.5 Å². The molecule has 0 radical (unpaired) electrons. The molecule has 0 atom stereocenters. The highest BCUT2D eigenvalue weighted by atomic mass is 32.2.